The first-order valence-corrected chi connectivity index (χ1v) is 8.69. The highest BCUT2D eigenvalue weighted by atomic mass is 35.7. The molecule has 9 heteroatoms. The van der Waals surface area contributed by atoms with E-state index in [-0.39, 0.29) is 11.4 Å². The second-order valence-corrected chi connectivity index (χ2v) is 8.46. The van der Waals surface area contributed by atoms with Crippen LogP contribution in [0.15, 0.2) is 29.2 Å². The van der Waals surface area contributed by atoms with Crippen LogP contribution in [0.3, 0.4) is 0 Å². The third-order valence-electron chi connectivity index (χ3n) is 2.17. The average Bonchev–Trinajstić information content (AvgIpc) is 2.25. The van der Waals surface area contributed by atoms with Crippen LogP contribution in [0.5, 0.6) is 0 Å². The van der Waals surface area contributed by atoms with Crippen molar-refractivity contribution in [3.05, 3.63) is 30.1 Å². The summed E-state index contributed by atoms with van der Waals surface area (Å²) >= 11 is 0. The summed E-state index contributed by atoms with van der Waals surface area (Å²) in [5.74, 6) is -1.05. The van der Waals surface area contributed by atoms with Crippen molar-refractivity contribution in [1.29, 1.82) is 0 Å². The molecule has 18 heavy (non-hydrogen) atoms. The molecule has 0 aliphatic rings. The molecule has 0 unspecified atom stereocenters. The summed E-state index contributed by atoms with van der Waals surface area (Å²) in [6.07, 6.45) is 0. The van der Waals surface area contributed by atoms with Gasteiger partial charge in [0, 0.05) is 24.3 Å². The van der Waals surface area contributed by atoms with Crippen LogP contribution in [0.2, 0.25) is 0 Å². The Labute approximate surface area is 110 Å². The van der Waals surface area contributed by atoms with Crippen molar-refractivity contribution in [2.45, 2.75) is 4.90 Å². The predicted octanol–water partition coefficient (Wildman–Crippen LogP) is 1.01. The maximum Gasteiger partial charge on any atom is 0.242 e. The largest absolute Gasteiger partial charge is 0.242 e. The van der Waals surface area contributed by atoms with Crippen LogP contribution in [0.1, 0.15) is 0 Å². The van der Waals surface area contributed by atoms with Gasteiger partial charge < -0.3 is 0 Å². The molecular weight excluding hydrogens is 305 g/mol. The minimum absolute atomic E-state index is 0.113. The average molecular weight is 316 g/mol. The Hall–Kier alpha value is -0.700. The summed E-state index contributed by atoms with van der Waals surface area (Å²) in [5.41, 5.74) is 0. The summed E-state index contributed by atoms with van der Waals surface area (Å²) in [6, 6.07) is 4.24. The van der Waals surface area contributed by atoms with E-state index in [4.69, 9.17) is 10.7 Å². The molecule has 0 saturated heterocycles. The Morgan fingerprint density at radius 2 is 1.67 bits per heavy atom. The maximum absolute atomic E-state index is 12.7. The topological polar surface area (TPSA) is 71.5 Å². The van der Waals surface area contributed by atoms with Gasteiger partial charge in [0.2, 0.25) is 19.1 Å². The summed E-state index contributed by atoms with van der Waals surface area (Å²) in [6.45, 7) is -0.272. The van der Waals surface area contributed by atoms with Crippen molar-refractivity contribution in [1.82, 2.24) is 4.31 Å². The van der Waals surface area contributed by atoms with Crippen molar-refractivity contribution >= 4 is 29.8 Å². The fourth-order valence-corrected chi connectivity index (χ4v) is 3.13. The van der Waals surface area contributed by atoms with E-state index in [2.05, 4.69) is 0 Å². The van der Waals surface area contributed by atoms with Crippen LogP contribution in [-0.4, -0.2) is 40.5 Å². The molecule has 0 heterocycles. The van der Waals surface area contributed by atoms with Crippen molar-refractivity contribution < 1.29 is 21.2 Å². The third-order valence-corrected chi connectivity index (χ3v) is 5.18. The minimum atomic E-state index is -3.83. The molecule has 0 atom stereocenters. The molecule has 0 aromatic heterocycles. The number of hydrogen-bond acceptors (Lipinski definition) is 4. The van der Waals surface area contributed by atoms with E-state index in [9.17, 15) is 21.2 Å². The Balaban J connectivity index is 2.90. The summed E-state index contributed by atoms with van der Waals surface area (Å²) < 4.78 is 58.9. The van der Waals surface area contributed by atoms with Gasteiger partial charge in [0.15, 0.2) is 0 Å². The van der Waals surface area contributed by atoms with Gasteiger partial charge in [-0.3, -0.25) is 0 Å². The molecule has 0 radical (unpaired) electrons. The van der Waals surface area contributed by atoms with Gasteiger partial charge in [-0.1, -0.05) is 0 Å². The van der Waals surface area contributed by atoms with Crippen molar-refractivity contribution in [2.24, 2.45) is 0 Å². The van der Waals surface area contributed by atoms with Gasteiger partial charge in [0.1, 0.15) is 5.82 Å². The summed E-state index contributed by atoms with van der Waals surface area (Å²) in [7, 11) is -1.38. The maximum atomic E-state index is 12.7. The quantitative estimate of drug-likeness (QED) is 0.760. The van der Waals surface area contributed by atoms with Crippen LogP contribution in [-0.2, 0) is 19.1 Å². The summed E-state index contributed by atoms with van der Waals surface area (Å²) in [5, 5.41) is 0. The van der Waals surface area contributed by atoms with Gasteiger partial charge in [-0.2, -0.15) is 4.31 Å². The van der Waals surface area contributed by atoms with E-state index < -0.39 is 30.6 Å². The number of sulfonamides is 1. The standard InChI is InChI=1S/C9H11ClFNO4S2/c1-12(6-7-17(10,13)14)18(15,16)9-4-2-8(11)3-5-9/h2-5H,6-7H2,1H3. The lowest BCUT2D eigenvalue weighted by atomic mass is 10.4. The van der Waals surface area contributed by atoms with Crippen molar-refractivity contribution in [3.63, 3.8) is 0 Å². The molecule has 0 aliphatic heterocycles. The highest BCUT2D eigenvalue weighted by Crippen LogP contribution is 2.15. The second kappa shape index (κ2) is 5.52. The van der Waals surface area contributed by atoms with E-state index >= 15 is 0 Å². The molecule has 5 nitrogen and oxygen atoms in total. The Morgan fingerprint density at radius 1 is 1.17 bits per heavy atom. The molecule has 0 fully saturated rings. The molecule has 0 bridgehead atoms. The normalized spacial score (nSPS) is 12.9. The number of nitrogens with zero attached hydrogens (tertiary/aromatic N) is 1. The highest BCUT2D eigenvalue weighted by molar-refractivity contribution is 8.13. The fraction of sp³-hybridized carbons (Fsp3) is 0.333. The molecule has 1 aromatic rings. The lowest BCUT2D eigenvalue weighted by Gasteiger charge is -2.16. The monoisotopic (exact) mass is 315 g/mol. The van der Waals surface area contributed by atoms with Gasteiger partial charge in [-0.05, 0) is 24.3 Å². The molecule has 1 aromatic carbocycles. The molecule has 0 aliphatic carbocycles. The molecule has 0 N–H and O–H groups in total. The highest BCUT2D eigenvalue weighted by Gasteiger charge is 2.22. The van der Waals surface area contributed by atoms with Crippen LogP contribution < -0.4 is 0 Å². The molecular formula is C9H11ClFNO4S2. The van der Waals surface area contributed by atoms with E-state index in [1.807, 2.05) is 0 Å². The zero-order valence-electron chi connectivity index (χ0n) is 9.38. The Kier molecular flexibility index (Phi) is 4.71. The van der Waals surface area contributed by atoms with Gasteiger partial charge in [0.25, 0.3) is 0 Å². The Morgan fingerprint density at radius 3 is 2.11 bits per heavy atom. The molecule has 1 rings (SSSR count). The smallest absolute Gasteiger partial charge is 0.212 e. The van der Waals surface area contributed by atoms with E-state index in [1.54, 1.807) is 0 Å². The first kappa shape index (κ1) is 15.4. The van der Waals surface area contributed by atoms with Gasteiger partial charge >= 0.3 is 0 Å². The van der Waals surface area contributed by atoms with E-state index in [1.165, 1.54) is 7.05 Å². The Bertz CT molecular complexity index is 612. The molecule has 0 spiro atoms. The van der Waals surface area contributed by atoms with E-state index in [0.29, 0.717) is 0 Å². The third kappa shape index (κ3) is 4.20. The first-order valence-electron chi connectivity index (χ1n) is 4.77. The molecule has 0 amide bonds. The summed E-state index contributed by atoms with van der Waals surface area (Å²) in [4.78, 5) is -0.113. The SMILES string of the molecule is CN(CCS(=O)(=O)Cl)S(=O)(=O)c1ccc(F)cc1. The van der Waals surface area contributed by atoms with Gasteiger partial charge in [0.05, 0.1) is 10.6 Å². The van der Waals surface area contributed by atoms with Crippen LogP contribution in [0.25, 0.3) is 0 Å². The first-order chi connectivity index (χ1) is 8.13. The molecule has 0 saturated carbocycles. The second-order valence-electron chi connectivity index (χ2n) is 3.52. The molecule has 102 valence electrons. The van der Waals surface area contributed by atoms with Gasteiger partial charge in [-0.25, -0.2) is 21.2 Å². The minimum Gasteiger partial charge on any atom is -0.212 e. The number of halogens is 2. The number of rotatable bonds is 5. The van der Waals surface area contributed by atoms with Crippen molar-refractivity contribution in [3.8, 4) is 0 Å². The zero-order valence-corrected chi connectivity index (χ0v) is 11.8. The predicted molar refractivity (Wildman–Crippen MR) is 65.9 cm³/mol. The lowest BCUT2D eigenvalue weighted by molar-refractivity contribution is 0.485. The number of benzene rings is 1. The van der Waals surface area contributed by atoms with Crippen LogP contribution in [0, 0.1) is 5.82 Å². The van der Waals surface area contributed by atoms with Crippen LogP contribution >= 0.6 is 10.7 Å². The zero-order chi connectivity index (χ0) is 14.0. The number of hydrogen-bond donors (Lipinski definition) is 0. The van der Waals surface area contributed by atoms with Gasteiger partial charge in [-0.15, -0.1) is 0 Å². The van der Waals surface area contributed by atoms with Crippen molar-refractivity contribution in [2.75, 3.05) is 19.3 Å². The lowest BCUT2D eigenvalue weighted by Crippen LogP contribution is -2.30. The van der Waals surface area contributed by atoms with E-state index in [0.717, 1.165) is 28.6 Å². The van der Waals surface area contributed by atoms with Crippen LogP contribution in [0.4, 0.5) is 4.39 Å². The fourth-order valence-electron chi connectivity index (χ4n) is 1.14.